The first-order chi connectivity index (χ1) is 9.29. The van der Waals surface area contributed by atoms with Gasteiger partial charge in [-0.3, -0.25) is 0 Å². The van der Waals surface area contributed by atoms with E-state index in [0.29, 0.717) is 5.75 Å². The number of hydrogen-bond donors (Lipinski definition) is 1. The topological polar surface area (TPSA) is 29.5 Å². The number of fused-ring (bicyclic) bond motifs is 1. The van der Waals surface area contributed by atoms with Crippen LogP contribution in [-0.4, -0.2) is 11.7 Å². The van der Waals surface area contributed by atoms with Gasteiger partial charge in [0.2, 0.25) is 0 Å². The summed E-state index contributed by atoms with van der Waals surface area (Å²) in [6, 6.07) is 11.4. The number of phenols is 1. The second-order valence-corrected chi connectivity index (χ2v) is 4.96. The molecule has 102 valence electrons. The molecule has 0 bridgehead atoms. The van der Waals surface area contributed by atoms with Crippen LogP contribution in [0.3, 0.4) is 0 Å². The Bertz CT molecular complexity index is 520. The van der Waals surface area contributed by atoms with Crippen LogP contribution >= 0.6 is 0 Å². The van der Waals surface area contributed by atoms with Crippen LogP contribution < -0.4 is 4.74 Å². The summed E-state index contributed by atoms with van der Waals surface area (Å²) in [5, 5.41) is 11.6. The molecule has 0 amide bonds. The number of benzene rings is 2. The normalized spacial score (nSPS) is 10.8. The highest BCUT2D eigenvalue weighted by molar-refractivity contribution is 5.85. The Hall–Kier alpha value is -1.70. The van der Waals surface area contributed by atoms with Crippen LogP contribution in [0.4, 0.5) is 0 Å². The molecular weight excluding hydrogens is 236 g/mol. The Labute approximate surface area is 115 Å². The standard InChI is InChI=1S/C17H22O2/c1-2-3-4-5-6-11-19-17-10-8-14-7-9-16(18)12-15(14)13-17/h7-10,12-13,18H,2-6,11H2,1H3. The van der Waals surface area contributed by atoms with Gasteiger partial charge in [-0.15, -0.1) is 0 Å². The van der Waals surface area contributed by atoms with Crippen molar-refractivity contribution in [2.75, 3.05) is 6.61 Å². The van der Waals surface area contributed by atoms with Gasteiger partial charge >= 0.3 is 0 Å². The minimum Gasteiger partial charge on any atom is -0.508 e. The van der Waals surface area contributed by atoms with E-state index in [0.717, 1.165) is 29.5 Å². The minimum absolute atomic E-state index is 0.296. The number of unbranched alkanes of at least 4 members (excludes halogenated alkanes) is 4. The Morgan fingerprint density at radius 2 is 1.68 bits per heavy atom. The van der Waals surface area contributed by atoms with E-state index in [-0.39, 0.29) is 0 Å². The molecule has 2 aromatic rings. The zero-order valence-corrected chi connectivity index (χ0v) is 11.6. The van der Waals surface area contributed by atoms with Gasteiger partial charge in [0, 0.05) is 0 Å². The first-order valence-electron chi connectivity index (χ1n) is 7.15. The maximum absolute atomic E-state index is 9.48. The molecule has 0 saturated carbocycles. The van der Waals surface area contributed by atoms with Crippen LogP contribution in [0.5, 0.6) is 11.5 Å². The lowest BCUT2D eigenvalue weighted by Crippen LogP contribution is -1.97. The molecular formula is C17H22O2. The Morgan fingerprint density at radius 1 is 0.895 bits per heavy atom. The molecule has 19 heavy (non-hydrogen) atoms. The summed E-state index contributed by atoms with van der Waals surface area (Å²) < 4.78 is 5.75. The van der Waals surface area contributed by atoms with Crippen molar-refractivity contribution in [1.82, 2.24) is 0 Å². The second kappa shape index (κ2) is 7.03. The monoisotopic (exact) mass is 258 g/mol. The van der Waals surface area contributed by atoms with Crippen molar-refractivity contribution in [1.29, 1.82) is 0 Å². The largest absolute Gasteiger partial charge is 0.508 e. The number of phenolic OH excluding ortho intramolecular Hbond substituents is 1. The van der Waals surface area contributed by atoms with Crippen molar-refractivity contribution < 1.29 is 9.84 Å². The van der Waals surface area contributed by atoms with Gasteiger partial charge < -0.3 is 9.84 Å². The Morgan fingerprint density at radius 3 is 2.53 bits per heavy atom. The SMILES string of the molecule is CCCCCCCOc1ccc2ccc(O)cc2c1. The molecule has 0 atom stereocenters. The molecule has 0 heterocycles. The van der Waals surface area contributed by atoms with E-state index >= 15 is 0 Å². The second-order valence-electron chi connectivity index (χ2n) is 4.96. The molecule has 0 aliphatic heterocycles. The molecule has 0 radical (unpaired) electrons. The Balaban J connectivity index is 1.87. The highest BCUT2D eigenvalue weighted by Crippen LogP contribution is 2.24. The van der Waals surface area contributed by atoms with E-state index in [1.165, 1.54) is 25.7 Å². The van der Waals surface area contributed by atoms with Gasteiger partial charge in [-0.05, 0) is 41.5 Å². The lowest BCUT2D eigenvalue weighted by molar-refractivity contribution is 0.305. The number of aromatic hydroxyl groups is 1. The summed E-state index contributed by atoms with van der Waals surface area (Å²) in [4.78, 5) is 0. The Kier molecular flexibility index (Phi) is 5.08. The summed E-state index contributed by atoms with van der Waals surface area (Å²) >= 11 is 0. The lowest BCUT2D eigenvalue weighted by atomic mass is 10.1. The van der Waals surface area contributed by atoms with E-state index in [1.54, 1.807) is 12.1 Å². The molecule has 0 fully saturated rings. The van der Waals surface area contributed by atoms with E-state index in [9.17, 15) is 5.11 Å². The number of ether oxygens (including phenoxy) is 1. The van der Waals surface area contributed by atoms with Gasteiger partial charge in [0.25, 0.3) is 0 Å². The molecule has 0 aliphatic rings. The van der Waals surface area contributed by atoms with E-state index in [4.69, 9.17) is 4.74 Å². The molecule has 0 saturated heterocycles. The molecule has 2 aromatic carbocycles. The minimum atomic E-state index is 0.296. The summed E-state index contributed by atoms with van der Waals surface area (Å²) in [5.74, 6) is 1.18. The van der Waals surface area contributed by atoms with Crippen molar-refractivity contribution >= 4 is 10.8 Å². The van der Waals surface area contributed by atoms with Crippen LogP contribution in [0.1, 0.15) is 39.0 Å². The fourth-order valence-corrected chi connectivity index (χ4v) is 2.20. The average molecular weight is 258 g/mol. The van der Waals surface area contributed by atoms with Crippen molar-refractivity contribution in [2.24, 2.45) is 0 Å². The summed E-state index contributed by atoms with van der Waals surface area (Å²) in [7, 11) is 0. The zero-order chi connectivity index (χ0) is 13.5. The molecule has 1 N–H and O–H groups in total. The van der Waals surface area contributed by atoms with Crippen LogP contribution in [0.2, 0.25) is 0 Å². The molecule has 2 rings (SSSR count). The molecule has 0 aliphatic carbocycles. The maximum Gasteiger partial charge on any atom is 0.119 e. The average Bonchev–Trinajstić information content (AvgIpc) is 2.42. The van der Waals surface area contributed by atoms with E-state index in [1.807, 2.05) is 24.3 Å². The summed E-state index contributed by atoms with van der Waals surface area (Å²) in [6.07, 6.45) is 6.23. The van der Waals surface area contributed by atoms with Gasteiger partial charge in [0.05, 0.1) is 6.61 Å². The van der Waals surface area contributed by atoms with Crippen LogP contribution in [-0.2, 0) is 0 Å². The quantitative estimate of drug-likeness (QED) is 0.716. The predicted molar refractivity (Wildman–Crippen MR) is 79.9 cm³/mol. The number of hydrogen-bond acceptors (Lipinski definition) is 2. The number of rotatable bonds is 7. The fourth-order valence-electron chi connectivity index (χ4n) is 2.20. The first kappa shape index (κ1) is 13.7. The molecule has 2 nitrogen and oxygen atoms in total. The summed E-state index contributed by atoms with van der Waals surface area (Å²) in [6.45, 7) is 3.00. The van der Waals surface area contributed by atoms with Gasteiger partial charge in [-0.25, -0.2) is 0 Å². The molecule has 0 unspecified atom stereocenters. The van der Waals surface area contributed by atoms with Crippen molar-refractivity contribution in [3.8, 4) is 11.5 Å². The highest BCUT2D eigenvalue weighted by Gasteiger charge is 1.99. The highest BCUT2D eigenvalue weighted by atomic mass is 16.5. The van der Waals surface area contributed by atoms with Crippen LogP contribution in [0.25, 0.3) is 10.8 Å². The van der Waals surface area contributed by atoms with Gasteiger partial charge in [-0.2, -0.15) is 0 Å². The maximum atomic E-state index is 9.48. The molecule has 0 spiro atoms. The zero-order valence-electron chi connectivity index (χ0n) is 11.6. The lowest BCUT2D eigenvalue weighted by Gasteiger charge is -2.07. The predicted octanol–water partition coefficient (Wildman–Crippen LogP) is 4.89. The third-order valence-electron chi connectivity index (χ3n) is 3.31. The van der Waals surface area contributed by atoms with Crippen molar-refractivity contribution in [3.63, 3.8) is 0 Å². The summed E-state index contributed by atoms with van der Waals surface area (Å²) in [5.41, 5.74) is 0. The third-order valence-corrected chi connectivity index (χ3v) is 3.31. The fraction of sp³-hybridized carbons (Fsp3) is 0.412. The van der Waals surface area contributed by atoms with Crippen LogP contribution in [0.15, 0.2) is 36.4 Å². The van der Waals surface area contributed by atoms with Crippen molar-refractivity contribution in [2.45, 2.75) is 39.0 Å². The van der Waals surface area contributed by atoms with Gasteiger partial charge in [-0.1, -0.05) is 44.7 Å². The van der Waals surface area contributed by atoms with Gasteiger partial charge in [0.1, 0.15) is 11.5 Å². The van der Waals surface area contributed by atoms with E-state index in [2.05, 4.69) is 6.92 Å². The van der Waals surface area contributed by atoms with E-state index < -0.39 is 0 Å². The van der Waals surface area contributed by atoms with Crippen molar-refractivity contribution in [3.05, 3.63) is 36.4 Å². The van der Waals surface area contributed by atoms with Gasteiger partial charge in [0.15, 0.2) is 0 Å². The molecule has 0 aromatic heterocycles. The third kappa shape index (κ3) is 4.16. The first-order valence-corrected chi connectivity index (χ1v) is 7.15. The molecule has 2 heteroatoms. The van der Waals surface area contributed by atoms with Crippen LogP contribution in [0, 0.1) is 0 Å². The smallest absolute Gasteiger partial charge is 0.119 e.